The first kappa shape index (κ1) is 4.23. The van der Waals surface area contributed by atoms with Crippen LogP contribution in [-0.2, 0) is 4.57 Å². The fraction of sp³-hybridized carbons (Fsp3) is 1.00. The van der Waals surface area contributed by atoms with Gasteiger partial charge in [0.25, 0.3) is 0 Å². The van der Waals surface area contributed by atoms with Gasteiger partial charge in [-0.15, -0.1) is 0 Å². The third-order valence-corrected chi connectivity index (χ3v) is 2.02. The van der Waals surface area contributed by atoms with Gasteiger partial charge in [-0.3, -0.25) is 0 Å². The Morgan fingerprint density at radius 3 is 2.17 bits per heavy atom. The van der Waals surface area contributed by atoms with E-state index in [0.717, 1.165) is 13.1 Å². The van der Waals surface area contributed by atoms with Crippen LogP contribution < -0.4 is 0 Å². The number of hydrogen-bond acceptors (Lipinski definition) is 1. The molecule has 0 amide bonds. The normalized spacial score (nSPS) is 23.8. The lowest BCUT2D eigenvalue weighted by Gasteiger charge is -1.65. The second-order valence-corrected chi connectivity index (χ2v) is 2.91. The maximum absolute atomic E-state index is 10.3. The summed E-state index contributed by atoms with van der Waals surface area (Å²) in [6.07, 6.45) is 0. The van der Waals surface area contributed by atoms with E-state index in [4.69, 9.17) is 0 Å². The molecule has 1 atom stereocenters. The molecule has 1 unspecified atom stereocenters. The molecule has 1 aliphatic rings. The summed E-state index contributed by atoms with van der Waals surface area (Å²) in [6, 6.07) is 0. The summed E-state index contributed by atoms with van der Waals surface area (Å²) < 4.78 is 12.2. The zero-order valence-electron chi connectivity index (χ0n) is 3.72. The van der Waals surface area contributed by atoms with Crippen molar-refractivity contribution in [1.29, 1.82) is 0 Å². The van der Waals surface area contributed by atoms with Gasteiger partial charge in [0.2, 0.25) is 0 Å². The van der Waals surface area contributed by atoms with E-state index < -0.39 is 7.95 Å². The van der Waals surface area contributed by atoms with Crippen LogP contribution in [0.4, 0.5) is 0 Å². The van der Waals surface area contributed by atoms with Crippen LogP contribution in [0.5, 0.6) is 0 Å². The van der Waals surface area contributed by atoms with Gasteiger partial charge in [-0.1, -0.05) is 9.24 Å². The zero-order chi connectivity index (χ0) is 4.57. The van der Waals surface area contributed by atoms with Gasteiger partial charge in [0.15, 0.2) is 6.66 Å². The molecule has 0 aromatic heterocycles. The van der Waals surface area contributed by atoms with Crippen molar-refractivity contribution in [2.75, 3.05) is 19.8 Å². The first-order chi connectivity index (χ1) is 2.80. The standard InChI is InChI=1S/C3H7NOP/c1-6(5)4-2-3-4/h2-3H2,1H3/q+1. The van der Waals surface area contributed by atoms with Crippen molar-refractivity contribution in [3.05, 3.63) is 0 Å². The molecule has 0 N–H and O–H groups in total. The van der Waals surface area contributed by atoms with Crippen molar-refractivity contribution in [2.45, 2.75) is 0 Å². The predicted molar refractivity (Wildman–Crippen MR) is 25.1 cm³/mol. The molecule has 1 heterocycles. The van der Waals surface area contributed by atoms with Gasteiger partial charge in [0, 0.05) is 0 Å². The summed E-state index contributed by atoms with van der Waals surface area (Å²) in [6.45, 7) is 3.83. The van der Waals surface area contributed by atoms with Crippen molar-refractivity contribution >= 4 is 7.95 Å². The minimum Gasteiger partial charge on any atom is -0.0941 e. The summed E-state index contributed by atoms with van der Waals surface area (Å²) in [4.78, 5) is 0. The lowest BCUT2D eigenvalue weighted by molar-refractivity contribution is 0.571. The van der Waals surface area contributed by atoms with Crippen molar-refractivity contribution in [3.63, 3.8) is 0 Å². The average Bonchev–Trinajstić information content (AvgIpc) is 2.06. The third-order valence-electron chi connectivity index (χ3n) is 0.822. The smallest absolute Gasteiger partial charge is 0.0941 e. The van der Waals surface area contributed by atoms with E-state index in [1.165, 1.54) is 0 Å². The maximum Gasteiger partial charge on any atom is 0.431 e. The van der Waals surface area contributed by atoms with E-state index in [9.17, 15) is 4.57 Å². The summed E-state index contributed by atoms with van der Waals surface area (Å²) in [5.41, 5.74) is 0. The Balaban J connectivity index is 2.31. The fourth-order valence-electron chi connectivity index (χ4n) is 0.326. The van der Waals surface area contributed by atoms with Crippen LogP contribution >= 0.6 is 7.95 Å². The largest absolute Gasteiger partial charge is 0.431 e. The Labute approximate surface area is 38.0 Å². The lowest BCUT2D eigenvalue weighted by Crippen LogP contribution is -1.73. The zero-order valence-corrected chi connectivity index (χ0v) is 4.61. The van der Waals surface area contributed by atoms with Crippen molar-refractivity contribution < 1.29 is 4.57 Å². The molecule has 0 bridgehead atoms. The highest BCUT2D eigenvalue weighted by atomic mass is 31.1. The topological polar surface area (TPSA) is 20.1 Å². The molecule has 1 fully saturated rings. The summed E-state index contributed by atoms with van der Waals surface area (Å²) in [5, 5.41) is 0. The molecule has 3 heteroatoms. The van der Waals surface area contributed by atoms with E-state index >= 15 is 0 Å². The van der Waals surface area contributed by atoms with Crippen LogP contribution in [0.1, 0.15) is 0 Å². The highest BCUT2D eigenvalue weighted by Gasteiger charge is 2.32. The summed E-state index contributed by atoms with van der Waals surface area (Å²) >= 11 is 0. The Morgan fingerprint density at radius 1 is 1.67 bits per heavy atom. The summed E-state index contributed by atoms with van der Waals surface area (Å²) in [5.74, 6) is 0. The van der Waals surface area contributed by atoms with Crippen LogP contribution in [0.2, 0.25) is 0 Å². The first-order valence-electron chi connectivity index (χ1n) is 1.96. The van der Waals surface area contributed by atoms with Gasteiger partial charge < -0.3 is 0 Å². The highest BCUT2D eigenvalue weighted by Crippen LogP contribution is 2.28. The minimum absolute atomic E-state index is 0.965. The van der Waals surface area contributed by atoms with E-state index in [0.29, 0.717) is 0 Å². The second-order valence-electron chi connectivity index (χ2n) is 1.42. The van der Waals surface area contributed by atoms with Gasteiger partial charge >= 0.3 is 7.95 Å². The Hall–Kier alpha value is 0.0600. The molecular formula is C3H7NOP+. The van der Waals surface area contributed by atoms with Crippen LogP contribution in [0, 0.1) is 0 Å². The van der Waals surface area contributed by atoms with Crippen molar-refractivity contribution in [1.82, 2.24) is 4.67 Å². The van der Waals surface area contributed by atoms with Gasteiger partial charge in [-0.25, -0.2) is 0 Å². The van der Waals surface area contributed by atoms with Crippen LogP contribution in [0.15, 0.2) is 0 Å². The molecule has 6 heavy (non-hydrogen) atoms. The van der Waals surface area contributed by atoms with E-state index in [1.54, 1.807) is 6.66 Å². The summed E-state index contributed by atoms with van der Waals surface area (Å²) in [7, 11) is -0.965. The molecule has 0 saturated carbocycles. The Bertz CT molecular complexity index is 78.9. The SMILES string of the molecule is C[P+](=O)N1CC1. The van der Waals surface area contributed by atoms with Crippen molar-refractivity contribution in [3.8, 4) is 0 Å². The van der Waals surface area contributed by atoms with E-state index in [-0.39, 0.29) is 0 Å². The number of hydrogen-bond donors (Lipinski definition) is 0. The Kier molecular flexibility index (Phi) is 0.904. The first-order valence-corrected chi connectivity index (χ1v) is 3.62. The van der Waals surface area contributed by atoms with Crippen molar-refractivity contribution in [2.24, 2.45) is 0 Å². The highest BCUT2D eigenvalue weighted by molar-refractivity contribution is 7.41. The molecule has 0 aromatic rings. The van der Waals surface area contributed by atoms with E-state index in [2.05, 4.69) is 0 Å². The molecule has 0 aliphatic carbocycles. The van der Waals surface area contributed by atoms with Gasteiger partial charge in [-0.05, 0) is 0 Å². The molecule has 0 spiro atoms. The van der Waals surface area contributed by atoms with Gasteiger partial charge in [0.05, 0.1) is 13.1 Å². The van der Waals surface area contributed by atoms with Crippen LogP contribution in [0.3, 0.4) is 0 Å². The Morgan fingerprint density at radius 2 is 2.17 bits per heavy atom. The quantitative estimate of drug-likeness (QED) is 0.360. The lowest BCUT2D eigenvalue weighted by atomic mass is 11.0. The maximum atomic E-state index is 10.3. The number of nitrogens with zero attached hydrogens (tertiary/aromatic N) is 1. The van der Waals surface area contributed by atoms with Crippen LogP contribution in [0.25, 0.3) is 0 Å². The minimum atomic E-state index is -0.965. The molecule has 0 aromatic carbocycles. The average molecular weight is 104 g/mol. The molecule has 34 valence electrons. The molecule has 1 saturated heterocycles. The second kappa shape index (κ2) is 1.28. The molecule has 1 aliphatic heterocycles. The third kappa shape index (κ3) is 0.763. The van der Waals surface area contributed by atoms with E-state index in [1.807, 2.05) is 4.67 Å². The molecular weight excluding hydrogens is 97.0 g/mol. The molecule has 1 rings (SSSR count). The molecule has 2 nitrogen and oxygen atoms in total. The molecule has 0 radical (unpaired) electrons. The fourth-order valence-corrected chi connectivity index (χ4v) is 0.979. The predicted octanol–water partition coefficient (Wildman–Crippen LogP) is 0.674. The van der Waals surface area contributed by atoms with Gasteiger partial charge in [0.1, 0.15) is 0 Å². The number of rotatable bonds is 1. The van der Waals surface area contributed by atoms with Gasteiger partial charge in [-0.2, -0.15) is 0 Å². The monoisotopic (exact) mass is 104 g/mol. The van der Waals surface area contributed by atoms with Crippen LogP contribution in [-0.4, -0.2) is 24.4 Å².